The fourth-order valence-corrected chi connectivity index (χ4v) is 4.23. The maximum Gasteiger partial charge on any atom is 0.430 e. The Hall–Kier alpha value is -4.57. The number of Topliss-reactive ketones (excluding diaryl/α,β-unsaturated/α-hetero) is 1. The molecule has 294 valence electrons. The number of carbonyl (C=O) groups excluding carboxylic acids is 5. The SMILES string of the molecule is CC(=O)CCCCC[C@H](NC(=O)C[NH+]1CC[NH+](C)CC1)C1=NC=C(c2ccccc2)[NH2+]1.O=C([O-])C(F)(F)F.O=C([O-])C(F)(F)F.O=C([O-])C(F)(F)F. The Balaban J connectivity index is 0.00000101. The molecular weight excluding hydrogens is 729 g/mol. The minimum Gasteiger partial charge on any atom is -0.542 e. The zero-order valence-electron chi connectivity index (χ0n) is 27.8. The largest absolute Gasteiger partial charge is 0.542 e. The molecule has 1 aromatic carbocycles. The second kappa shape index (κ2) is 22.4. The smallest absolute Gasteiger partial charge is 0.430 e. The maximum atomic E-state index is 12.8. The summed E-state index contributed by atoms with van der Waals surface area (Å²) in [6, 6.07) is 10.1. The Morgan fingerprint density at radius 3 is 1.67 bits per heavy atom. The number of nitrogens with one attached hydrogen (secondary N) is 3. The summed E-state index contributed by atoms with van der Waals surface area (Å²) in [5.74, 6) is -7.75. The summed E-state index contributed by atoms with van der Waals surface area (Å²) in [7, 11) is 2.21. The van der Waals surface area contributed by atoms with E-state index in [1.807, 2.05) is 24.4 Å². The van der Waals surface area contributed by atoms with Crippen molar-refractivity contribution < 1.29 is 93.9 Å². The number of benzene rings is 1. The zero-order valence-corrected chi connectivity index (χ0v) is 27.8. The normalized spacial score (nSPS) is 17.6. The predicted octanol–water partition coefficient (Wildman–Crippen LogP) is -3.71. The number of hydrogen-bond acceptors (Lipinski definition) is 9. The fourth-order valence-electron chi connectivity index (χ4n) is 4.23. The van der Waals surface area contributed by atoms with Crippen LogP contribution in [-0.4, -0.2) is 99.8 Å². The molecule has 0 saturated carbocycles. The van der Waals surface area contributed by atoms with Crippen molar-refractivity contribution in [2.45, 2.75) is 63.6 Å². The first-order chi connectivity index (χ1) is 23.8. The molecule has 0 bridgehead atoms. The summed E-state index contributed by atoms with van der Waals surface area (Å²) < 4.78 is 94.6. The second-order valence-corrected chi connectivity index (χ2v) is 11.3. The summed E-state index contributed by atoms with van der Waals surface area (Å²) in [6.07, 6.45) is -9.33. The standard InChI is InChI=1S/C24H35N5O2.3C2HF3O2/c1-19(30)9-5-3-8-12-21(26-23(31)18-29-15-13-28(2)14-16-29)24-25-17-22(27-24)20-10-6-4-7-11-20;3*3-2(4,5)1(6)7/h4,6-7,10-11,17,21H,3,5,8-9,12-16,18H2,1-2H3,(H,25,27)(H,26,31);3*(H,6,7)/t21-;;;/m0.../s1. The number of unbranched alkanes of at least 4 members (excludes halogenated alkanes) is 2. The van der Waals surface area contributed by atoms with Gasteiger partial charge in [0.1, 0.15) is 55.9 Å². The molecule has 0 radical (unpaired) electrons. The number of likely N-dealkylation sites (N-methyl/N-ethyl adjacent to an activating group) is 1. The van der Waals surface area contributed by atoms with E-state index in [1.54, 1.807) is 11.8 Å². The van der Waals surface area contributed by atoms with Crippen LogP contribution < -0.4 is 35.8 Å². The van der Waals surface area contributed by atoms with Crippen LogP contribution in [0.1, 0.15) is 44.6 Å². The van der Waals surface area contributed by atoms with Crippen LogP contribution in [-0.2, 0) is 24.0 Å². The number of hydrogen-bond donors (Lipinski definition) is 4. The monoisotopic (exact) mass is 767 g/mol. The first-order valence-corrected chi connectivity index (χ1v) is 15.3. The zero-order chi connectivity index (χ0) is 40.3. The molecule has 22 heteroatoms. The molecule has 0 aliphatic carbocycles. The van der Waals surface area contributed by atoms with Gasteiger partial charge in [-0.25, -0.2) is 4.99 Å². The number of aliphatic carboxylic acids is 3. The molecule has 2 aliphatic heterocycles. The minimum atomic E-state index is -5.19. The molecule has 2 heterocycles. The molecule has 1 aromatic rings. The fraction of sp³-hybridized carbons (Fsp3) is 0.533. The number of carbonyl (C=O) groups is 5. The molecule has 1 saturated heterocycles. The van der Waals surface area contributed by atoms with Gasteiger partial charge in [0.25, 0.3) is 5.91 Å². The molecule has 0 spiro atoms. The van der Waals surface area contributed by atoms with E-state index in [4.69, 9.17) is 29.7 Å². The van der Waals surface area contributed by atoms with Crippen molar-refractivity contribution >= 4 is 41.1 Å². The highest BCUT2D eigenvalue weighted by Gasteiger charge is 2.31. The third-order valence-electron chi connectivity index (χ3n) is 6.89. The van der Waals surface area contributed by atoms with Crippen LogP contribution in [0.5, 0.6) is 0 Å². The van der Waals surface area contributed by atoms with E-state index in [2.05, 4.69) is 34.8 Å². The van der Waals surface area contributed by atoms with Crippen molar-refractivity contribution in [2.75, 3.05) is 39.8 Å². The van der Waals surface area contributed by atoms with E-state index < -0.39 is 36.4 Å². The van der Waals surface area contributed by atoms with Crippen molar-refractivity contribution in [3.8, 4) is 0 Å². The molecule has 5 N–H and O–H groups in total. The van der Waals surface area contributed by atoms with E-state index in [9.17, 15) is 49.1 Å². The topological polar surface area (TPSA) is 204 Å². The van der Waals surface area contributed by atoms with Gasteiger partial charge in [-0.15, -0.1) is 0 Å². The molecule has 1 amide bonds. The van der Waals surface area contributed by atoms with Gasteiger partial charge in [0.2, 0.25) is 5.84 Å². The third-order valence-corrected chi connectivity index (χ3v) is 6.89. The third kappa shape index (κ3) is 21.6. The lowest BCUT2D eigenvalue weighted by Crippen LogP contribution is -3.27. The number of halogens is 9. The van der Waals surface area contributed by atoms with E-state index >= 15 is 0 Å². The Morgan fingerprint density at radius 1 is 0.788 bits per heavy atom. The van der Waals surface area contributed by atoms with Crippen LogP contribution in [0.2, 0.25) is 0 Å². The Morgan fingerprint density at radius 2 is 1.25 bits per heavy atom. The van der Waals surface area contributed by atoms with Gasteiger partial charge >= 0.3 is 18.5 Å². The van der Waals surface area contributed by atoms with Gasteiger partial charge in [-0.05, 0) is 31.9 Å². The molecule has 0 aromatic heterocycles. The summed E-state index contributed by atoms with van der Waals surface area (Å²) in [5.41, 5.74) is 2.22. The summed E-state index contributed by atoms with van der Waals surface area (Å²) in [4.78, 5) is 57.9. The lowest BCUT2D eigenvalue weighted by atomic mass is 10.0. The van der Waals surface area contributed by atoms with Crippen LogP contribution in [0.3, 0.4) is 0 Å². The van der Waals surface area contributed by atoms with Crippen LogP contribution in [0.15, 0.2) is 41.5 Å². The molecule has 3 rings (SSSR count). The average molecular weight is 768 g/mol. The van der Waals surface area contributed by atoms with Crippen molar-refractivity contribution in [3.63, 3.8) is 0 Å². The van der Waals surface area contributed by atoms with Gasteiger partial charge in [0.15, 0.2) is 12.2 Å². The maximum absolute atomic E-state index is 12.8. The number of alkyl halides is 9. The van der Waals surface area contributed by atoms with E-state index in [-0.39, 0.29) is 17.7 Å². The second-order valence-electron chi connectivity index (χ2n) is 11.3. The number of amidine groups is 1. The van der Waals surface area contributed by atoms with Crippen LogP contribution in [0.4, 0.5) is 39.5 Å². The highest BCUT2D eigenvalue weighted by molar-refractivity contribution is 5.90. The van der Waals surface area contributed by atoms with Gasteiger partial charge in [0.05, 0.1) is 13.2 Å². The van der Waals surface area contributed by atoms with Gasteiger partial charge in [0, 0.05) is 12.0 Å². The molecule has 2 aliphatic rings. The Bertz CT molecular complexity index is 1320. The van der Waals surface area contributed by atoms with E-state index in [1.165, 1.54) is 4.90 Å². The lowest BCUT2D eigenvalue weighted by Gasteiger charge is -2.27. The number of rotatable bonds is 11. The summed E-state index contributed by atoms with van der Waals surface area (Å²) >= 11 is 0. The predicted molar refractivity (Wildman–Crippen MR) is 155 cm³/mol. The Labute approximate surface area is 291 Å². The quantitative estimate of drug-likeness (QED) is 0.130. The molecular formula is C30H38F9N5O8. The van der Waals surface area contributed by atoms with Gasteiger partial charge in [-0.3, -0.25) is 10.1 Å². The minimum absolute atomic E-state index is 0.0835. The average Bonchev–Trinajstić information content (AvgIpc) is 3.52. The van der Waals surface area contributed by atoms with Gasteiger partial charge < -0.3 is 49.6 Å². The lowest BCUT2D eigenvalue weighted by molar-refractivity contribution is -1.000. The van der Waals surface area contributed by atoms with Crippen molar-refractivity contribution in [2.24, 2.45) is 4.99 Å². The van der Waals surface area contributed by atoms with Crippen LogP contribution >= 0.6 is 0 Å². The van der Waals surface area contributed by atoms with Crippen LogP contribution in [0.25, 0.3) is 5.70 Å². The number of piperazine rings is 1. The summed E-state index contributed by atoms with van der Waals surface area (Å²) in [6.45, 7) is 6.49. The number of carboxylic acid groups (broad SMARTS) is 3. The molecule has 1 fully saturated rings. The number of amides is 1. The highest BCUT2D eigenvalue weighted by atomic mass is 19.4. The molecule has 0 unspecified atom stereocenters. The van der Waals surface area contributed by atoms with Crippen molar-refractivity contribution in [1.29, 1.82) is 0 Å². The van der Waals surface area contributed by atoms with E-state index in [0.717, 1.165) is 69.0 Å². The number of carboxylic acids is 3. The first-order valence-electron chi connectivity index (χ1n) is 15.3. The number of nitrogens with two attached hydrogens (primary N) is 1. The van der Waals surface area contributed by atoms with Crippen molar-refractivity contribution in [3.05, 3.63) is 42.1 Å². The Kier molecular flexibility index (Phi) is 20.4. The molecule has 13 nitrogen and oxygen atoms in total. The van der Waals surface area contributed by atoms with Crippen molar-refractivity contribution in [1.82, 2.24) is 5.32 Å². The first kappa shape index (κ1) is 47.4. The van der Waals surface area contributed by atoms with Gasteiger partial charge in [-0.2, -0.15) is 39.5 Å². The van der Waals surface area contributed by atoms with Crippen LogP contribution in [0, 0.1) is 0 Å². The number of ketones is 1. The van der Waals surface area contributed by atoms with Gasteiger partial charge in [-0.1, -0.05) is 31.0 Å². The highest BCUT2D eigenvalue weighted by Crippen LogP contribution is 2.14. The molecule has 1 atom stereocenters. The summed E-state index contributed by atoms with van der Waals surface area (Å²) in [5, 5.41) is 31.7. The number of quaternary nitrogens is 3. The van der Waals surface area contributed by atoms with E-state index in [0.29, 0.717) is 13.0 Å². The molecule has 52 heavy (non-hydrogen) atoms. The number of aliphatic imine (C=N–C) groups is 1. The number of nitrogens with zero attached hydrogens (tertiary/aromatic N) is 1.